The van der Waals surface area contributed by atoms with E-state index in [2.05, 4.69) is 21.0 Å². The van der Waals surface area contributed by atoms with Gasteiger partial charge in [0.25, 0.3) is 11.5 Å². The third kappa shape index (κ3) is 5.74. The molecule has 1 saturated heterocycles. The summed E-state index contributed by atoms with van der Waals surface area (Å²) in [5, 5.41) is 12.9. The number of rotatable bonds is 8. The van der Waals surface area contributed by atoms with E-state index in [1.54, 1.807) is 0 Å². The number of anilines is 1. The Morgan fingerprint density at radius 1 is 1.11 bits per heavy atom. The summed E-state index contributed by atoms with van der Waals surface area (Å²) in [7, 11) is 2.94. The number of carbonyl (C=O) groups excluding carboxylic acids is 2. The van der Waals surface area contributed by atoms with E-state index in [1.165, 1.54) is 51.5 Å². The number of nitrogens with zero attached hydrogens (tertiary/aromatic N) is 3. The van der Waals surface area contributed by atoms with Crippen molar-refractivity contribution < 1.29 is 23.1 Å². The number of halogens is 3. The lowest BCUT2D eigenvalue weighted by Crippen LogP contribution is -2.36. The molecule has 3 N–H and O–H groups in total. The summed E-state index contributed by atoms with van der Waals surface area (Å²) in [4.78, 5) is 41.7. The summed E-state index contributed by atoms with van der Waals surface area (Å²) in [6.45, 7) is 2.15. The van der Waals surface area contributed by atoms with Gasteiger partial charge in [-0.15, -0.1) is 0 Å². The molecule has 2 aliphatic rings. The minimum Gasteiger partial charge on any atom is -0.481 e. The quantitative estimate of drug-likeness (QED) is 0.249. The SMILES string of the molecule is COc1nc(-c2ccc(F)c(-c3c(F)ccc(NC(=O)c4ccnn(C)c4=O)c3C)c2Cl)cc2c1C(NCC1CCC(=O)N1)CC2. The fourth-order valence-corrected chi connectivity index (χ4v) is 6.53. The van der Waals surface area contributed by atoms with Crippen LogP contribution in [0, 0.1) is 18.6 Å². The lowest BCUT2D eigenvalue weighted by molar-refractivity contribution is -0.119. The largest absolute Gasteiger partial charge is 0.481 e. The standard InChI is InChI=1S/C33H31ClF2N6O4/c1-16-23(40-31(44)20-12-13-38-42(2)33(20)45)10-8-21(35)27(16)29-22(36)7-6-19(30(29)34)25-14-17-4-9-24(28(17)32(41-25)46-3)37-15-18-5-11-26(43)39-18/h6-8,10,12-14,18,24,37H,4-5,9,11,15H2,1-3H3,(H,39,43)(H,40,44). The topological polar surface area (TPSA) is 127 Å². The van der Waals surface area contributed by atoms with Crippen LogP contribution in [0.2, 0.25) is 5.02 Å². The van der Waals surface area contributed by atoms with Gasteiger partial charge in [-0.3, -0.25) is 14.4 Å². The minimum atomic E-state index is -0.765. The van der Waals surface area contributed by atoms with Crippen LogP contribution >= 0.6 is 11.6 Å². The Morgan fingerprint density at radius 3 is 2.61 bits per heavy atom. The molecule has 0 spiro atoms. The van der Waals surface area contributed by atoms with E-state index in [-0.39, 0.29) is 51.0 Å². The molecule has 3 heterocycles. The number of methoxy groups -OCH3 is 1. The van der Waals surface area contributed by atoms with Crippen LogP contribution in [-0.4, -0.2) is 46.3 Å². The fraction of sp³-hybridized carbons (Fsp3) is 0.303. The van der Waals surface area contributed by atoms with Crippen molar-refractivity contribution in [2.75, 3.05) is 19.0 Å². The van der Waals surface area contributed by atoms with Crippen molar-refractivity contribution in [1.82, 2.24) is 25.4 Å². The Balaban J connectivity index is 1.34. The fourth-order valence-electron chi connectivity index (χ4n) is 6.19. The Hall–Kier alpha value is -4.68. The molecule has 1 fully saturated rings. The first-order valence-corrected chi connectivity index (χ1v) is 15.2. The van der Waals surface area contributed by atoms with E-state index in [9.17, 15) is 14.4 Å². The summed E-state index contributed by atoms with van der Waals surface area (Å²) in [6.07, 6.45) is 4.16. The molecule has 2 aromatic carbocycles. The number of aromatic nitrogens is 3. The second kappa shape index (κ2) is 12.6. The maximum Gasteiger partial charge on any atom is 0.279 e. The van der Waals surface area contributed by atoms with E-state index in [0.717, 1.165) is 41.1 Å². The number of pyridine rings is 1. The van der Waals surface area contributed by atoms with E-state index in [4.69, 9.17) is 21.3 Å². The maximum atomic E-state index is 15.5. The number of nitrogens with one attached hydrogen (secondary N) is 3. The highest BCUT2D eigenvalue weighted by Gasteiger charge is 2.31. The summed E-state index contributed by atoms with van der Waals surface area (Å²) in [5.41, 5.74) is 2.01. The number of ether oxygens (including phenoxy) is 1. The van der Waals surface area contributed by atoms with Gasteiger partial charge in [0, 0.05) is 66.2 Å². The lowest BCUT2D eigenvalue weighted by Gasteiger charge is -2.20. The number of hydrogen-bond acceptors (Lipinski definition) is 7. The highest BCUT2D eigenvalue weighted by atomic mass is 35.5. The number of hydrogen-bond donors (Lipinski definition) is 3. The van der Waals surface area contributed by atoms with Crippen LogP contribution in [0.1, 0.15) is 52.4 Å². The van der Waals surface area contributed by atoms with Crippen LogP contribution in [0.25, 0.3) is 22.4 Å². The molecule has 1 aliphatic carbocycles. The zero-order valence-corrected chi connectivity index (χ0v) is 26.1. The van der Waals surface area contributed by atoms with Crippen molar-refractivity contribution in [3.05, 3.63) is 91.9 Å². The first-order chi connectivity index (χ1) is 22.1. The van der Waals surface area contributed by atoms with Gasteiger partial charge in [0.05, 0.1) is 17.8 Å². The normalized spacial score (nSPS) is 17.1. The van der Waals surface area contributed by atoms with Crippen molar-refractivity contribution in [2.24, 2.45) is 7.05 Å². The van der Waals surface area contributed by atoms with E-state index in [1.807, 2.05) is 6.07 Å². The predicted octanol–water partition coefficient (Wildman–Crippen LogP) is 4.87. The van der Waals surface area contributed by atoms with Gasteiger partial charge in [0.2, 0.25) is 11.8 Å². The van der Waals surface area contributed by atoms with E-state index >= 15 is 8.78 Å². The van der Waals surface area contributed by atoms with Crippen molar-refractivity contribution in [2.45, 2.75) is 44.7 Å². The summed E-state index contributed by atoms with van der Waals surface area (Å²) in [5.74, 6) is -1.78. The Kier molecular flexibility index (Phi) is 8.58. The van der Waals surface area contributed by atoms with Crippen molar-refractivity contribution in [3.63, 3.8) is 0 Å². The van der Waals surface area contributed by atoms with Crippen molar-refractivity contribution in [1.29, 1.82) is 0 Å². The van der Waals surface area contributed by atoms with E-state index < -0.39 is 23.1 Å². The van der Waals surface area contributed by atoms with Gasteiger partial charge < -0.3 is 20.7 Å². The average Bonchev–Trinajstić information content (AvgIpc) is 3.65. The lowest BCUT2D eigenvalue weighted by atomic mass is 9.94. The number of aryl methyl sites for hydroxylation is 2. The molecule has 1 aliphatic heterocycles. The zero-order chi connectivity index (χ0) is 32.7. The monoisotopic (exact) mass is 648 g/mol. The van der Waals surface area contributed by atoms with E-state index in [0.29, 0.717) is 30.1 Å². The van der Waals surface area contributed by atoms with Crippen LogP contribution in [0.3, 0.4) is 0 Å². The molecule has 2 amide bonds. The van der Waals surface area contributed by atoms with Crippen LogP contribution < -0.4 is 26.2 Å². The molecule has 4 aromatic rings. The van der Waals surface area contributed by atoms with Gasteiger partial charge in [-0.05, 0) is 73.7 Å². The van der Waals surface area contributed by atoms with Gasteiger partial charge in [-0.2, -0.15) is 5.10 Å². The third-order valence-electron chi connectivity index (χ3n) is 8.58. The molecule has 2 aromatic heterocycles. The Labute approximate surface area is 268 Å². The smallest absolute Gasteiger partial charge is 0.279 e. The molecule has 46 heavy (non-hydrogen) atoms. The summed E-state index contributed by atoms with van der Waals surface area (Å²) >= 11 is 6.86. The predicted molar refractivity (Wildman–Crippen MR) is 169 cm³/mol. The molecular weight excluding hydrogens is 618 g/mol. The minimum absolute atomic E-state index is 0.0229. The molecule has 13 heteroatoms. The molecule has 0 saturated carbocycles. The van der Waals surface area contributed by atoms with Crippen LogP contribution in [0.5, 0.6) is 5.88 Å². The summed E-state index contributed by atoms with van der Waals surface area (Å²) < 4.78 is 37.7. The van der Waals surface area contributed by atoms with Crippen LogP contribution in [0.4, 0.5) is 14.5 Å². The first kappa shape index (κ1) is 31.3. The van der Waals surface area contributed by atoms with Gasteiger partial charge in [-0.25, -0.2) is 18.4 Å². The molecule has 0 bridgehead atoms. The number of carbonyl (C=O) groups is 2. The molecular formula is C33H31ClF2N6O4. The molecule has 2 atom stereocenters. The van der Waals surface area contributed by atoms with Crippen LogP contribution in [0.15, 0.2) is 47.4 Å². The van der Waals surface area contributed by atoms with Gasteiger partial charge in [0.15, 0.2) is 0 Å². The highest BCUT2D eigenvalue weighted by Crippen LogP contribution is 2.44. The molecule has 2 unspecified atom stereocenters. The number of amides is 2. The Morgan fingerprint density at radius 2 is 1.87 bits per heavy atom. The number of benzene rings is 2. The maximum absolute atomic E-state index is 15.5. The first-order valence-electron chi connectivity index (χ1n) is 14.8. The summed E-state index contributed by atoms with van der Waals surface area (Å²) in [6, 6.07) is 8.34. The second-order valence-electron chi connectivity index (χ2n) is 11.4. The van der Waals surface area contributed by atoms with Crippen molar-refractivity contribution in [3.8, 4) is 28.3 Å². The molecule has 10 nitrogen and oxygen atoms in total. The number of fused-ring (bicyclic) bond motifs is 1. The molecule has 238 valence electrons. The highest BCUT2D eigenvalue weighted by molar-refractivity contribution is 6.36. The average molecular weight is 649 g/mol. The second-order valence-corrected chi connectivity index (χ2v) is 11.8. The van der Waals surface area contributed by atoms with Gasteiger partial charge >= 0.3 is 0 Å². The Bertz CT molecular complexity index is 1950. The van der Waals surface area contributed by atoms with Crippen molar-refractivity contribution >= 4 is 29.1 Å². The zero-order valence-electron chi connectivity index (χ0n) is 25.3. The molecule has 0 radical (unpaired) electrons. The third-order valence-corrected chi connectivity index (χ3v) is 8.97. The molecule has 6 rings (SSSR count). The van der Waals surface area contributed by atoms with Crippen LogP contribution in [-0.2, 0) is 18.3 Å². The van der Waals surface area contributed by atoms with Gasteiger partial charge in [0.1, 0.15) is 17.2 Å². The van der Waals surface area contributed by atoms with Gasteiger partial charge in [-0.1, -0.05) is 11.6 Å².